The summed E-state index contributed by atoms with van der Waals surface area (Å²) in [4.78, 5) is 14.2. The van der Waals surface area contributed by atoms with Crippen LogP contribution in [0.25, 0.3) is 0 Å². The fourth-order valence-electron chi connectivity index (χ4n) is 3.70. The van der Waals surface area contributed by atoms with Crippen molar-refractivity contribution in [3.8, 4) is 0 Å². The summed E-state index contributed by atoms with van der Waals surface area (Å²) in [5, 5.41) is 0.248. The minimum Gasteiger partial charge on any atom is -0.465 e. The minimum atomic E-state index is -2.98. The van der Waals surface area contributed by atoms with Gasteiger partial charge in [0.1, 0.15) is 9.84 Å². The number of carbonyl (C=O) groups is 1. The molecule has 0 bridgehead atoms. The molecule has 0 unspecified atom stereocenters. The standard InChI is InChI=1S/C18H26ClNO4S/c1-5-20(14-6-8-15(9-7-14)25(4,22)23)17-11-13(19)10-16(12(17)2)18(21)24-3/h10-11,14-15H,5-9H2,1-4H3/t14-,15-. The second-order valence-electron chi connectivity index (χ2n) is 6.64. The second kappa shape index (κ2) is 7.96. The normalized spacial score (nSPS) is 21.0. The van der Waals surface area contributed by atoms with Crippen LogP contribution in [-0.2, 0) is 14.6 Å². The van der Waals surface area contributed by atoms with Crippen molar-refractivity contribution < 1.29 is 17.9 Å². The van der Waals surface area contributed by atoms with E-state index in [1.54, 1.807) is 6.07 Å². The molecule has 2 rings (SSSR count). The van der Waals surface area contributed by atoms with Gasteiger partial charge in [-0.05, 0) is 57.2 Å². The van der Waals surface area contributed by atoms with Crippen molar-refractivity contribution in [3.63, 3.8) is 0 Å². The third-order valence-electron chi connectivity index (χ3n) is 5.09. The number of hydrogen-bond donors (Lipinski definition) is 0. The molecule has 1 saturated carbocycles. The molecule has 0 atom stereocenters. The first-order valence-corrected chi connectivity index (χ1v) is 10.9. The fraction of sp³-hybridized carbons (Fsp3) is 0.611. The number of ether oxygens (including phenoxy) is 1. The smallest absolute Gasteiger partial charge is 0.338 e. The van der Waals surface area contributed by atoms with Gasteiger partial charge in [0.25, 0.3) is 0 Å². The molecule has 25 heavy (non-hydrogen) atoms. The molecule has 7 heteroatoms. The molecule has 1 aliphatic rings. The summed E-state index contributed by atoms with van der Waals surface area (Å²) in [5.41, 5.74) is 2.22. The van der Waals surface area contributed by atoms with Crippen molar-refractivity contribution in [2.24, 2.45) is 0 Å². The number of rotatable bonds is 5. The molecule has 1 aliphatic carbocycles. The molecule has 0 spiro atoms. The van der Waals surface area contributed by atoms with Gasteiger partial charge in [0, 0.05) is 29.6 Å². The number of methoxy groups -OCH3 is 1. The number of benzene rings is 1. The van der Waals surface area contributed by atoms with Crippen LogP contribution in [0.4, 0.5) is 5.69 Å². The summed E-state index contributed by atoms with van der Waals surface area (Å²) in [5.74, 6) is -0.405. The van der Waals surface area contributed by atoms with Crippen molar-refractivity contribution in [2.45, 2.75) is 50.8 Å². The van der Waals surface area contributed by atoms with Crippen LogP contribution >= 0.6 is 11.6 Å². The van der Waals surface area contributed by atoms with E-state index >= 15 is 0 Å². The molecular formula is C18H26ClNO4S. The van der Waals surface area contributed by atoms with Crippen LogP contribution in [0.3, 0.4) is 0 Å². The summed E-state index contributed by atoms with van der Waals surface area (Å²) in [6, 6.07) is 3.74. The Labute approximate surface area is 155 Å². The number of sulfone groups is 1. The maximum atomic E-state index is 12.0. The Bertz CT molecular complexity index is 740. The molecule has 0 heterocycles. The Balaban J connectivity index is 2.30. The summed E-state index contributed by atoms with van der Waals surface area (Å²) >= 11 is 6.23. The molecule has 5 nitrogen and oxygen atoms in total. The van der Waals surface area contributed by atoms with Gasteiger partial charge in [-0.3, -0.25) is 0 Å². The summed E-state index contributed by atoms with van der Waals surface area (Å²) < 4.78 is 28.4. The monoisotopic (exact) mass is 387 g/mol. The van der Waals surface area contributed by atoms with E-state index in [4.69, 9.17) is 16.3 Å². The van der Waals surface area contributed by atoms with E-state index in [2.05, 4.69) is 11.8 Å². The van der Waals surface area contributed by atoms with E-state index in [-0.39, 0.29) is 11.3 Å². The fourth-order valence-corrected chi connectivity index (χ4v) is 5.04. The molecule has 0 saturated heterocycles. The topological polar surface area (TPSA) is 63.7 Å². The zero-order valence-electron chi connectivity index (χ0n) is 15.2. The maximum absolute atomic E-state index is 12.0. The Morgan fingerprint density at radius 3 is 2.36 bits per heavy atom. The van der Waals surface area contributed by atoms with Crippen LogP contribution < -0.4 is 4.90 Å². The summed E-state index contributed by atoms with van der Waals surface area (Å²) in [7, 11) is -1.63. The lowest BCUT2D eigenvalue weighted by Gasteiger charge is -2.38. The lowest BCUT2D eigenvalue weighted by Crippen LogP contribution is -2.41. The van der Waals surface area contributed by atoms with Crippen molar-refractivity contribution in [1.82, 2.24) is 0 Å². The van der Waals surface area contributed by atoms with Crippen molar-refractivity contribution in [1.29, 1.82) is 0 Å². The van der Waals surface area contributed by atoms with Gasteiger partial charge in [-0.25, -0.2) is 13.2 Å². The van der Waals surface area contributed by atoms with E-state index < -0.39 is 15.8 Å². The highest BCUT2D eigenvalue weighted by molar-refractivity contribution is 7.91. The van der Waals surface area contributed by atoms with E-state index in [0.29, 0.717) is 23.4 Å². The number of hydrogen-bond acceptors (Lipinski definition) is 5. The highest BCUT2D eigenvalue weighted by atomic mass is 35.5. The minimum absolute atomic E-state index is 0.241. The average molecular weight is 388 g/mol. The molecule has 1 aromatic carbocycles. The number of nitrogens with zero attached hydrogens (tertiary/aromatic N) is 1. The number of halogens is 1. The Morgan fingerprint density at radius 2 is 1.88 bits per heavy atom. The quantitative estimate of drug-likeness (QED) is 0.722. The number of esters is 1. The predicted octanol–water partition coefficient (Wildman–Crippen LogP) is 3.62. The van der Waals surface area contributed by atoms with Gasteiger partial charge in [0.15, 0.2) is 0 Å². The van der Waals surface area contributed by atoms with E-state index in [1.807, 2.05) is 13.0 Å². The molecule has 0 N–H and O–H groups in total. The first-order chi connectivity index (χ1) is 11.7. The SMILES string of the molecule is CCN(c1cc(Cl)cc(C(=O)OC)c1C)[C@H]1CC[C@H](S(C)(=O)=O)CC1. The van der Waals surface area contributed by atoms with Crippen LogP contribution in [0, 0.1) is 6.92 Å². The lowest BCUT2D eigenvalue weighted by molar-refractivity contribution is 0.0600. The zero-order chi connectivity index (χ0) is 18.8. The molecular weight excluding hydrogens is 362 g/mol. The molecule has 0 aliphatic heterocycles. The first-order valence-electron chi connectivity index (χ1n) is 8.53. The zero-order valence-corrected chi connectivity index (χ0v) is 16.8. The predicted molar refractivity (Wildman–Crippen MR) is 101 cm³/mol. The third kappa shape index (κ3) is 4.47. The van der Waals surface area contributed by atoms with Gasteiger partial charge in [0.05, 0.1) is 17.9 Å². The van der Waals surface area contributed by atoms with E-state index in [0.717, 1.165) is 30.6 Å². The molecule has 140 valence electrons. The van der Waals surface area contributed by atoms with Gasteiger partial charge in [-0.1, -0.05) is 11.6 Å². The van der Waals surface area contributed by atoms with Crippen LogP contribution in [0.2, 0.25) is 5.02 Å². The summed E-state index contributed by atoms with van der Waals surface area (Å²) in [6.45, 7) is 4.71. The van der Waals surface area contributed by atoms with Crippen LogP contribution in [-0.4, -0.2) is 45.6 Å². The van der Waals surface area contributed by atoms with Crippen molar-refractivity contribution in [2.75, 3.05) is 24.8 Å². The second-order valence-corrected chi connectivity index (χ2v) is 9.40. The Hall–Kier alpha value is -1.27. The highest BCUT2D eigenvalue weighted by Crippen LogP contribution is 2.34. The molecule has 1 aromatic rings. The van der Waals surface area contributed by atoms with Gasteiger partial charge in [-0.15, -0.1) is 0 Å². The Morgan fingerprint density at radius 1 is 1.28 bits per heavy atom. The van der Waals surface area contributed by atoms with Gasteiger partial charge >= 0.3 is 5.97 Å². The molecule has 0 amide bonds. The van der Waals surface area contributed by atoms with Gasteiger partial charge < -0.3 is 9.64 Å². The summed E-state index contributed by atoms with van der Waals surface area (Å²) in [6.07, 6.45) is 4.28. The van der Waals surface area contributed by atoms with E-state index in [1.165, 1.54) is 13.4 Å². The highest BCUT2D eigenvalue weighted by Gasteiger charge is 2.31. The van der Waals surface area contributed by atoms with Crippen LogP contribution in [0.5, 0.6) is 0 Å². The van der Waals surface area contributed by atoms with Crippen LogP contribution in [0.1, 0.15) is 48.5 Å². The number of anilines is 1. The molecule has 0 radical (unpaired) electrons. The van der Waals surface area contributed by atoms with Crippen molar-refractivity contribution >= 4 is 33.1 Å². The van der Waals surface area contributed by atoms with Crippen molar-refractivity contribution in [3.05, 3.63) is 28.3 Å². The number of carbonyl (C=O) groups excluding carboxylic acids is 1. The Kier molecular flexibility index (Phi) is 6.38. The first kappa shape index (κ1) is 20.0. The largest absolute Gasteiger partial charge is 0.465 e. The van der Waals surface area contributed by atoms with E-state index in [9.17, 15) is 13.2 Å². The molecule has 1 fully saturated rings. The van der Waals surface area contributed by atoms with Crippen LogP contribution in [0.15, 0.2) is 12.1 Å². The molecule has 0 aromatic heterocycles. The lowest BCUT2D eigenvalue weighted by atomic mass is 9.92. The third-order valence-corrected chi connectivity index (χ3v) is 6.99. The average Bonchev–Trinajstić information content (AvgIpc) is 2.57. The maximum Gasteiger partial charge on any atom is 0.338 e. The van der Waals surface area contributed by atoms with Gasteiger partial charge in [0.2, 0.25) is 0 Å². The van der Waals surface area contributed by atoms with Gasteiger partial charge in [-0.2, -0.15) is 0 Å².